The lowest BCUT2D eigenvalue weighted by Gasteiger charge is -2.16. The summed E-state index contributed by atoms with van der Waals surface area (Å²) in [6, 6.07) is 8.69. The molecule has 2 N–H and O–H groups in total. The van der Waals surface area contributed by atoms with Crippen LogP contribution in [0.25, 0.3) is 0 Å². The smallest absolute Gasteiger partial charge is 0.191 e. The lowest BCUT2D eigenvalue weighted by molar-refractivity contribution is 0.380. The maximum Gasteiger partial charge on any atom is 0.191 e. The van der Waals surface area contributed by atoms with Crippen LogP contribution >= 0.6 is 24.0 Å². The van der Waals surface area contributed by atoms with Crippen LogP contribution in [0.15, 0.2) is 33.8 Å². The van der Waals surface area contributed by atoms with Gasteiger partial charge in [0.05, 0.1) is 5.69 Å². The molecule has 5 nitrogen and oxygen atoms in total. The molecule has 0 radical (unpaired) electrons. The number of rotatable bonds is 7. The zero-order valence-corrected chi connectivity index (χ0v) is 18.8. The molecular formula is C20H31IN4O. The van der Waals surface area contributed by atoms with Crippen molar-refractivity contribution in [2.45, 2.75) is 53.0 Å². The largest absolute Gasteiger partial charge is 0.361 e. The van der Waals surface area contributed by atoms with E-state index < -0.39 is 0 Å². The lowest BCUT2D eigenvalue weighted by Crippen LogP contribution is -2.38. The Hall–Kier alpha value is -1.57. The zero-order chi connectivity index (χ0) is 18.2. The Morgan fingerprint density at radius 2 is 1.85 bits per heavy atom. The van der Waals surface area contributed by atoms with Gasteiger partial charge in [-0.05, 0) is 24.8 Å². The molecule has 1 atom stereocenters. The molecule has 0 aliphatic heterocycles. The number of hydrogen-bond donors (Lipinski definition) is 2. The van der Waals surface area contributed by atoms with Crippen molar-refractivity contribution in [3.8, 4) is 0 Å². The lowest BCUT2D eigenvalue weighted by atomic mass is 10.0. The Morgan fingerprint density at radius 1 is 1.15 bits per heavy atom. The molecule has 0 fully saturated rings. The number of aryl methyl sites for hydroxylation is 3. The number of guanidine groups is 1. The minimum Gasteiger partial charge on any atom is -0.361 e. The molecule has 0 bridgehead atoms. The molecule has 1 heterocycles. The molecule has 144 valence electrons. The summed E-state index contributed by atoms with van der Waals surface area (Å²) in [6.07, 6.45) is 1.72. The summed E-state index contributed by atoms with van der Waals surface area (Å²) < 4.78 is 5.42. The summed E-state index contributed by atoms with van der Waals surface area (Å²) in [5.41, 5.74) is 4.79. The van der Waals surface area contributed by atoms with E-state index in [1.807, 2.05) is 0 Å². The SMILES string of the molecule is CCc1noc(CC)c1CNC(=NC)NCC(C)c1ccc(C)cc1.I. The van der Waals surface area contributed by atoms with Crippen LogP contribution in [-0.2, 0) is 19.4 Å². The van der Waals surface area contributed by atoms with Gasteiger partial charge in [-0.25, -0.2) is 0 Å². The molecule has 2 rings (SSSR count). The van der Waals surface area contributed by atoms with Crippen LogP contribution in [0.5, 0.6) is 0 Å². The van der Waals surface area contributed by atoms with Gasteiger partial charge in [-0.3, -0.25) is 4.99 Å². The number of aliphatic imine (C=N–C) groups is 1. The normalized spacial score (nSPS) is 12.4. The van der Waals surface area contributed by atoms with Crippen LogP contribution in [0.3, 0.4) is 0 Å². The van der Waals surface area contributed by atoms with Gasteiger partial charge >= 0.3 is 0 Å². The molecule has 0 aliphatic carbocycles. The van der Waals surface area contributed by atoms with Crippen LogP contribution in [0, 0.1) is 6.92 Å². The molecule has 6 heteroatoms. The van der Waals surface area contributed by atoms with Gasteiger partial charge in [0.15, 0.2) is 5.96 Å². The van der Waals surface area contributed by atoms with Crippen LogP contribution in [0.2, 0.25) is 0 Å². The minimum absolute atomic E-state index is 0. The summed E-state index contributed by atoms with van der Waals surface area (Å²) in [5, 5.41) is 10.9. The van der Waals surface area contributed by atoms with Crippen molar-refractivity contribution in [2.24, 2.45) is 4.99 Å². The average molecular weight is 470 g/mol. The third-order valence-corrected chi connectivity index (χ3v) is 4.49. The second-order valence-corrected chi connectivity index (χ2v) is 6.36. The van der Waals surface area contributed by atoms with Crippen LogP contribution in [-0.4, -0.2) is 24.7 Å². The predicted molar refractivity (Wildman–Crippen MR) is 118 cm³/mol. The molecule has 0 saturated carbocycles. The van der Waals surface area contributed by atoms with E-state index in [1.54, 1.807) is 7.05 Å². The summed E-state index contributed by atoms with van der Waals surface area (Å²) >= 11 is 0. The highest BCUT2D eigenvalue weighted by Gasteiger charge is 2.14. The van der Waals surface area contributed by atoms with Gasteiger partial charge in [0.2, 0.25) is 0 Å². The van der Waals surface area contributed by atoms with E-state index in [9.17, 15) is 0 Å². The standard InChI is InChI=1S/C20H30N4O.HI/c1-6-18-17(19(7-2)25-24-18)13-23-20(21-5)22-12-15(4)16-10-8-14(3)9-11-16;/h8-11,15H,6-7,12-13H2,1-5H3,(H2,21,22,23);1H. The van der Waals surface area contributed by atoms with E-state index in [-0.39, 0.29) is 24.0 Å². The number of nitrogens with zero attached hydrogens (tertiary/aromatic N) is 2. The van der Waals surface area contributed by atoms with Gasteiger partial charge in [-0.2, -0.15) is 0 Å². The number of nitrogens with one attached hydrogen (secondary N) is 2. The predicted octanol–water partition coefficient (Wildman–Crippen LogP) is 4.19. The van der Waals surface area contributed by atoms with Gasteiger partial charge < -0.3 is 15.2 Å². The summed E-state index contributed by atoms with van der Waals surface area (Å²) in [6.45, 7) is 10.0. The quantitative estimate of drug-likeness (QED) is 0.362. The molecule has 0 saturated heterocycles. The fraction of sp³-hybridized carbons (Fsp3) is 0.500. The van der Waals surface area contributed by atoms with Crippen molar-refractivity contribution in [3.63, 3.8) is 0 Å². The third kappa shape index (κ3) is 6.00. The monoisotopic (exact) mass is 470 g/mol. The van der Waals surface area contributed by atoms with Crippen LogP contribution < -0.4 is 10.6 Å². The zero-order valence-electron chi connectivity index (χ0n) is 16.4. The van der Waals surface area contributed by atoms with Crippen molar-refractivity contribution >= 4 is 29.9 Å². The summed E-state index contributed by atoms with van der Waals surface area (Å²) in [7, 11) is 1.79. The first-order valence-corrected chi connectivity index (χ1v) is 9.06. The van der Waals surface area contributed by atoms with Crippen LogP contribution in [0.1, 0.15) is 54.8 Å². The Kier molecular flexibility index (Phi) is 9.69. The molecule has 0 aliphatic rings. The maximum atomic E-state index is 5.42. The van der Waals surface area contributed by atoms with Crippen molar-refractivity contribution in [3.05, 3.63) is 52.4 Å². The number of benzene rings is 1. The Bertz CT molecular complexity index is 673. The fourth-order valence-corrected chi connectivity index (χ4v) is 2.79. The van der Waals surface area contributed by atoms with Crippen molar-refractivity contribution in [2.75, 3.05) is 13.6 Å². The first kappa shape index (κ1) is 22.5. The Balaban J connectivity index is 0.00000338. The molecule has 1 aromatic carbocycles. The highest BCUT2D eigenvalue weighted by molar-refractivity contribution is 14.0. The topological polar surface area (TPSA) is 62.5 Å². The number of halogens is 1. The third-order valence-electron chi connectivity index (χ3n) is 4.49. The van der Waals surface area contributed by atoms with E-state index in [1.165, 1.54) is 11.1 Å². The first-order chi connectivity index (χ1) is 12.1. The average Bonchev–Trinajstić information content (AvgIpc) is 3.04. The Morgan fingerprint density at radius 3 is 2.42 bits per heavy atom. The van der Waals surface area contributed by atoms with E-state index in [4.69, 9.17) is 4.52 Å². The van der Waals surface area contributed by atoms with E-state index >= 15 is 0 Å². The second kappa shape index (κ2) is 11.2. The van der Waals surface area contributed by atoms with Gasteiger partial charge in [-0.1, -0.05) is 55.8 Å². The highest BCUT2D eigenvalue weighted by atomic mass is 127. The molecular weight excluding hydrogens is 439 g/mol. The highest BCUT2D eigenvalue weighted by Crippen LogP contribution is 2.16. The minimum atomic E-state index is 0. The van der Waals surface area contributed by atoms with E-state index in [2.05, 4.69) is 72.7 Å². The van der Waals surface area contributed by atoms with Crippen molar-refractivity contribution in [1.29, 1.82) is 0 Å². The van der Waals surface area contributed by atoms with Gasteiger partial charge in [0.25, 0.3) is 0 Å². The molecule has 2 aromatic rings. The first-order valence-electron chi connectivity index (χ1n) is 9.06. The number of aromatic nitrogens is 1. The van der Waals surface area contributed by atoms with Gasteiger partial charge in [0, 0.05) is 32.1 Å². The van der Waals surface area contributed by atoms with Crippen molar-refractivity contribution < 1.29 is 4.52 Å². The second-order valence-electron chi connectivity index (χ2n) is 6.36. The molecule has 26 heavy (non-hydrogen) atoms. The molecule has 0 amide bonds. The van der Waals surface area contributed by atoms with Crippen molar-refractivity contribution in [1.82, 2.24) is 15.8 Å². The summed E-state index contributed by atoms with van der Waals surface area (Å²) in [4.78, 5) is 4.32. The Labute approximate surface area is 174 Å². The van der Waals surface area contributed by atoms with E-state index in [0.29, 0.717) is 12.5 Å². The molecule has 0 spiro atoms. The molecule has 1 aromatic heterocycles. The van der Waals surface area contributed by atoms with Gasteiger partial charge in [-0.15, -0.1) is 24.0 Å². The summed E-state index contributed by atoms with van der Waals surface area (Å²) in [5.74, 6) is 2.16. The van der Waals surface area contributed by atoms with Gasteiger partial charge in [0.1, 0.15) is 5.76 Å². The van der Waals surface area contributed by atoms with E-state index in [0.717, 1.165) is 42.4 Å². The number of hydrogen-bond acceptors (Lipinski definition) is 3. The maximum absolute atomic E-state index is 5.42. The van der Waals surface area contributed by atoms with Crippen LogP contribution in [0.4, 0.5) is 0 Å². The molecule has 1 unspecified atom stereocenters. The fourth-order valence-electron chi connectivity index (χ4n) is 2.79.